The van der Waals surface area contributed by atoms with Crippen LogP contribution < -0.4 is 4.90 Å². The molecule has 36 heavy (non-hydrogen) atoms. The van der Waals surface area contributed by atoms with Gasteiger partial charge in [-0.25, -0.2) is 4.98 Å². The second kappa shape index (κ2) is 10.1. The molecule has 7 nitrogen and oxygen atoms in total. The van der Waals surface area contributed by atoms with Crippen LogP contribution in [-0.2, 0) is 17.4 Å². The van der Waals surface area contributed by atoms with E-state index in [2.05, 4.69) is 15.0 Å². The summed E-state index contributed by atoms with van der Waals surface area (Å²) in [5.41, 5.74) is -0.0449. The molecular weight excluding hydrogens is 471 g/mol. The highest BCUT2D eigenvalue weighted by Crippen LogP contribution is 2.37. The number of aromatic nitrogens is 3. The zero-order chi connectivity index (χ0) is 26.1. The maximum absolute atomic E-state index is 13.4. The normalized spacial score (nSPS) is 15.4. The van der Waals surface area contributed by atoms with E-state index in [1.165, 1.54) is 6.07 Å². The number of amides is 1. The van der Waals surface area contributed by atoms with Gasteiger partial charge in [0.25, 0.3) is 5.71 Å². The van der Waals surface area contributed by atoms with E-state index in [0.717, 1.165) is 25.0 Å². The van der Waals surface area contributed by atoms with Crippen molar-refractivity contribution in [1.82, 2.24) is 20.0 Å². The van der Waals surface area contributed by atoms with Gasteiger partial charge in [0.15, 0.2) is 0 Å². The van der Waals surface area contributed by atoms with Gasteiger partial charge >= 0.3 is 6.18 Å². The number of hydrogen-bond acceptors (Lipinski definition) is 6. The van der Waals surface area contributed by atoms with Gasteiger partial charge in [0.05, 0.1) is 5.56 Å². The summed E-state index contributed by atoms with van der Waals surface area (Å²) in [6, 6.07) is 5.03. The lowest BCUT2D eigenvalue weighted by molar-refractivity contribution is -0.137. The fraction of sp³-hybridized carbons (Fsp3) is 0.538. The monoisotopic (exact) mass is 503 g/mol. The first-order valence-electron chi connectivity index (χ1n) is 12.3. The van der Waals surface area contributed by atoms with Gasteiger partial charge in [-0.15, -0.1) is 0 Å². The molecule has 1 aromatic carbocycles. The maximum Gasteiger partial charge on any atom is 0.416 e. The summed E-state index contributed by atoms with van der Waals surface area (Å²) >= 11 is 0. The SMILES string of the molecule is CCCc1nc(N2CCCN(C(=O)CC(C)(C)C)CC2)c2c(-c3cccc(C(F)(F)F)c3)noc2n1. The largest absolute Gasteiger partial charge is 0.416 e. The van der Waals surface area contributed by atoms with Crippen LogP contribution in [0.15, 0.2) is 28.8 Å². The van der Waals surface area contributed by atoms with Gasteiger partial charge in [0.1, 0.15) is 22.7 Å². The smallest absolute Gasteiger partial charge is 0.354 e. The Morgan fingerprint density at radius 2 is 1.86 bits per heavy atom. The molecule has 0 aliphatic carbocycles. The van der Waals surface area contributed by atoms with Crippen LogP contribution in [0, 0.1) is 5.41 Å². The first-order valence-corrected chi connectivity index (χ1v) is 12.3. The Kier molecular flexibility index (Phi) is 7.24. The predicted molar refractivity (Wildman–Crippen MR) is 132 cm³/mol. The second-order valence-corrected chi connectivity index (χ2v) is 10.5. The van der Waals surface area contributed by atoms with Crippen molar-refractivity contribution in [2.75, 3.05) is 31.1 Å². The van der Waals surface area contributed by atoms with Crippen LogP contribution in [0.5, 0.6) is 0 Å². The average molecular weight is 504 g/mol. The number of benzene rings is 1. The molecule has 1 saturated heterocycles. The Labute approximate surface area is 208 Å². The van der Waals surface area contributed by atoms with Crippen molar-refractivity contribution in [2.24, 2.45) is 5.41 Å². The number of carbonyl (C=O) groups excluding carboxylic acids is 1. The predicted octanol–water partition coefficient (Wildman–Crippen LogP) is 5.73. The molecular formula is C26H32F3N5O2. The average Bonchev–Trinajstić information content (AvgIpc) is 3.06. The Morgan fingerprint density at radius 1 is 1.08 bits per heavy atom. The highest BCUT2D eigenvalue weighted by atomic mass is 19.4. The quantitative estimate of drug-likeness (QED) is 0.443. The molecule has 0 spiro atoms. The van der Waals surface area contributed by atoms with Crippen LogP contribution in [-0.4, -0.2) is 52.1 Å². The third kappa shape index (κ3) is 5.79. The standard InChI is InChI=1S/C26H32F3N5O2/c1-5-8-19-30-23(34-12-7-11-33(13-14-34)20(35)16-25(2,3)4)21-22(32-36-24(21)31-19)17-9-6-10-18(15-17)26(27,28)29/h6,9-10,15H,5,7-8,11-14,16H2,1-4H3. The molecule has 0 N–H and O–H groups in total. The summed E-state index contributed by atoms with van der Waals surface area (Å²) < 4.78 is 45.6. The van der Waals surface area contributed by atoms with Crippen LogP contribution in [0.25, 0.3) is 22.4 Å². The number of carbonyl (C=O) groups is 1. The lowest BCUT2D eigenvalue weighted by Gasteiger charge is -2.26. The number of alkyl halides is 3. The molecule has 4 rings (SSSR count). The number of halogens is 3. The molecule has 0 atom stereocenters. The topological polar surface area (TPSA) is 75.4 Å². The van der Waals surface area contributed by atoms with E-state index < -0.39 is 11.7 Å². The van der Waals surface area contributed by atoms with Crippen molar-refractivity contribution in [3.63, 3.8) is 0 Å². The molecule has 0 unspecified atom stereocenters. The lowest BCUT2D eigenvalue weighted by atomic mass is 9.91. The zero-order valence-electron chi connectivity index (χ0n) is 21.2. The highest BCUT2D eigenvalue weighted by Gasteiger charge is 2.32. The van der Waals surface area contributed by atoms with Gasteiger partial charge in [-0.1, -0.05) is 45.0 Å². The van der Waals surface area contributed by atoms with Gasteiger partial charge in [-0.2, -0.15) is 18.2 Å². The van der Waals surface area contributed by atoms with E-state index in [1.807, 2.05) is 32.6 Å². The van der Waals surface area contributed by atoms with Gasteiger partial charge < -0.3 is 14.3 Å². The van der Waals surface area contributed by atoms with E-state index in [4.69, 9.17) is 9.51 Å². The molecule has 3 heterocycles. The minimum atomic E-state index is -4.48. The molecule has 1 aliphatic rings. The highest BCUT2D eigenvalue weighted by molar-refractivity contribution is 5.98. The van der Waals surface area contributed by atoms with Crippen molar-refractivity contribution >= 4 is 22.8 Å². The fourth-order valence-electron chi connectivity index (χ4n) is 4.43. The molecule has 10 heteroatoms. The molecule has 0 radical (unpaired) electrons. The van der Waals surface area contributed by atoms with Crippen molar-refractivity contribution in [3.8, 4) is 11.3 Å². The Morgan fingerprint density at radius 3 is 2.56 bits per heavy atom. The number of rotatable bonds is 5. The van der Waals surface area contributed by atoms with Gasteiger partial charge in [0.2, 0.25) is 5.91 Å². The van der Waals surface area contributed by atoms with Crippen molar-refractivity contribution in [1.29, 1.82) is 0 Å². The maximum atomic E-state index is 13.4. The summed E-state index contributed by atoms with van der Waals surface area (Å²) in [5, 5.41) is 4.61. The minimum Gasteiger partial charge on any atom is -0.354 e. The lowest BCUT2D eigenvalue weighted by Crippen LogP contribution is -2.37. The summed E-state index contributed by atoms with van der Waals surface area (Å²) in [5.74, 6) is 1.30. The number of anilines is 1. The molecule has 2 aromatic heterocycles. The Hall–Kier alpha value is -3.17. The molecule has 0 bridgehead atoms. The molecule has 1 amide bonds. The first kappa shape index (κ1) is 25.9. The fourth-order valence-corrected chi connectivity index (χ4v) is 4.43. The number of nitrogens with zero attached hydrogens (tertiary/aromatic N) is 5. The van der Waals surface area contributed by atoms with Gasteiger partial charge in [-0.05, 0) is 30.4 Å². The summed E-state index contributed by atoms with van der Waals surface area (Å²) in [6.45, 7) is 10.5. The number of aryl methyl sites for hydroxylation is 1. The van der Waals surface area contributed by atoms with Crippen LogP contribution in [0.2, 0.25) is 0 Å². The Bertz CT molecular complexity index is 1230. The summed E-state index contributed by atoms with van der Waals surface area (Å²) in [6.07, 6.45) is -1.80. The van der Waals surface area contributed by atoms with Crippen molar-refractivity contribution < 1.29 is 22.5 Å². The number of fused-ring (bicyclic) bond motifs is 1. The van der Waals surface area contributed by atoms with E-state index in [-0.39, 0.29) is 28.3 Å². The molecule has 1 aliphatic heterocycles. The van der Waals surface area contributed by atoms with Crippen molar-refractivity contribution in [2.45, 2.75) is 59.6 Å². The van der Waals surface area contributed by atoms with E-state index in [1.54, 1.807) is 6.07 Å². The van der Waals surface area contributed by atoms with Gasteiger partial charge in [-0.3, -0.25) is 4.79 Å². The van der Waals surface area contributed by atoms with E-state index in [9.17, 15) is 18.0 Å². The summed E-state index contributed by atoms with van der Waals surface area (Å²) in [7, 11) is 0. The van der Waals surface area contributed by atoms with E-state index in [0.29, 0.717) is 56.0 Å². The van der Waals surface area contributed by atoms with E-state index >= 15 is 0 Å². The van der Waals surface area contributed by atoms with Crippen LogP contribution in [0.4, 0.5) is 19.0 Å². The third-order valence-corrected chi connectivity index (χ3v) is 6.13. The van der Waals surface area contributed by atoms with Gasteiger partial charge in [0, 0.05) is 44.6 Å². The third-order valence-electron chi connectivity index (χ3n) is 6.13. The minimum absolute atomic E-state index is 0.0980. The molecule has 0 saturated carbocycles. The molecule has 194 valence electrons. The van der Waals surface area contributed by atoms with Crippen molar-refractivity contribution in [3.05, 3.63) is 35.7 Å². The first-order chi connectivity index (χ1) is 17.0. The Balaban J connectivity index is 1.72. The summed E-state index contributed by atoms with van der Waals surface area (Å²) in [4.78, 5) is 26.1. The van der Waals surface area contributed by atoms with Crippen LogP contribution in [0.3, 0.4) is 0 Å². The molecule has 3 aromatic rings. The molecule has 1 fully saturated rings. The van der Waals surface area contributed by atoms with Crippen LogP contribution >= 0.6 is 0 Å². The van der Waals surface area contributed by atoms with Crippen LogP contribution in [0.1, 0.15) is 58.3 Å². The number of hydrogen-bond donors (Lipinski definition) is 0. The zero-order valence-corrected chi connectivity index (χ0v) is 21.2. The second-order valence-electron chi connectivity index (χ2n) is 10.5.